The summed E-state index contributed by atoms with van der Waals surface area (Å²) in [4.78, 5) is 19.6. The molecule has 0 saturated heterocycles. The molecule has 0 saturated carbocycles. The molecular weight excluding hydrogens is 252 g/mol. The summed E-state index contributed by atoms with van der Waals surface area (Å²) in [6, 6.07) is 5.39. The molecule has 1 heterocycles. The first kappa shape index (κ1) is 12.3. The topological polar surface area (TPSA) is 80.9 Å². The number of rotatable bonds is 2. The second-order valence-electron chi connectivity index (χ2n) is 3.72. The molecule has 0 fully saturated rings. The van der Waals surface area contributed by atoms with Gasteiger partial charge in [0.05, 0.1) is 23.1 Å². The molecule has 1 amide bonds. The number of amides is 1. The number of hydrogen-bond acceptors (Lipinski definition) is 4. The Morgan fingerprint density at radius 2 is 2.11 bits per heavy atom. The van der Waals surface area contributed by atoms with Crippen LogP contribution >= 0.6 is 11.6 Å². The summed E-state index contributed by atoms with van der Waals surface area (Å²) in [5, 5.41) is 3.18. The van der Waals surface area contributed by atoms with Crippen LogP contribution in [0, 0.1) is 6.92 Å². The lowest BCUT2D eigenvalue weighted by Gasteiger charge is -2.08. The fraction of sp³-hybridized carbons (Fsp3) is 0.0833. The van der Waals surface area contributed by atoms with E-state index in [9.17, 15) is 4.79 Å². The number of carbonyl (C=O) groups excluding carboxylic acids is 1. The van der Waals surface area contributed by atoms with Gasteiger partial charge in [0.25, 0.3) is 5.91 Å². The quantitative estimate of drug-likeness (QED) is 0.870. The molecule has 1 aromatic carbocycles. The first-order valence-corrected chi connectivity index (χ1v) is 5.59. The van der Waals surface area contributed by atoms with Crippen molar-refractivity contribution in [3.63, 3.8) is 0 Å². The molecule has 0 atom stereocenters. The van der Waals surface area contributed by atoms with E-state index in [-0.39, 0.29) is 17.4 Å². The van der Waals surface area contributed by atoms with E-state index >= 15 is 0 Å². The van der Waals surface area contributed by atoms with Gasteiger partial charge in [0, 0.05) is 0 Å². The number of nitrogens with one attached hydrogen (secondary N) is 1. The molecule has 0 radical (unpaired) electrons. The Balaban J connectivity index is 2.21. The summed E-state index contributed by atoms with van der Waals surface area (Å²) < 4.78 is 0. The number of aryl methyl sites for hydroxylation is 1. The largest absolute Gasteiger partial charge is 0.382 e. The Bertz CT molecular complexity index is 583. The molecule has 0 spiro atoms. The molecule has 0 aliphatic heterocycles. The SMILES string of the molecule is Cc1cccc(NC(=O)c2cnc(N)cn2)c1Cl. The van der Waals surface area contributed by atoms with Gasteiger partial charge in [0.1, 0.15) is 11.5 Å². The smallest absolute Gasteiger partial charge is 0.275 e. The maximum Gasteiger partial charge on any atom is 0.275 e. The minimum atomic E-state index is -0.380. The predicted octanol–water partition coefficient (Wildman–Crippen LogP) is 2.27. The molecule has 2 rings (SSSR count). The zero-order chi connectivity index (χ0) is 13.1. The van der Waals surface area contributed by atoms with Crippen LogP contribution in [0.4, 0.5) is 11.5 Å². The summed E-state index contributed by atoms with van der Waals surface area (Å²) in [6.45, 7) is 1.86. The molecule has 92 valence electrons. The van der Waals surface area contributed by atoms with Crippen molar-refractivity contribution in [3.05, 3.63) is 46.9 Å². The van der Waals surface area contributed by atoms with Crippen molar-refractivity contribution in [1.82, 2.24) is 9.97 Å². The molecule has 5 nitrogen and oxygen atoms in total. The van der Waals surface area contributed by atoms with Crippen LogP contribution in [-0.2, 0) is 0 Å². The average molecular weight is 263 g/mol. The van der Waals surface area contributed by atoms with Crippen LogP contribution in [0.15, 0.2) is 30.6 Å². The van der Waals surface area contributed by atoms with E-state index in [2.05, 4.69) is 15.3 Å². The van der Waals surface area contributed by atoms with Crippen LogP contribution in [0.2, 0.25) is 5.02 Å². The molecule has 0 aliphatic carbocycles. The Labute approximate surface area is 109 Å². The van der Waals surface area contributed by atoms with Crippen molar-refractivity contribution in [2.75, 3.05) is 11.1 Å². The lowest BCUT2D eigenvalue weighted by molar-refractivity contribution is 0.102. The molecule has 0 aliphatic rings. The molecule has 0 unspecified atom stereocenters. The van der Waals surface area contributed by atoms with E-state index in [1.54, 1.807) is 6.07 Å². The van der Waals surface area contributed by atoms with Gasteiger partial charge in [-0.25, -0.2) is 9.97 Å². The zero-order valence-corrected chi connectivity index (χ0v) is 10.4. The van der Waals surface area contributed by atoms with Gasteiger partial charge in [0.15, 0.2) is 0 Å². The lowest BCUT2D eigenvalue weighted by Crippen LogP contribution is -2.14. The van der Waals surface area contributed by atoms with Crippen molar-refractivity contribution in [2.24, 2.45) is 0 Å². The fourth-order valence-corrected chi connectivity index (χ4v) is 1.56. The monoisotopic (exact) mass is 262 g/mol. The van der Waals surface area contributed by atoms with Gasteiger partial charge in [-0.2, -0.15) is 0 Å². The highest BCUT2D eigenvalue weighted by molar-refractivity contribution is 6.34. The maximum atomic E-state index is 11.9. The van der Waals surface area contributed by atoms with Crippen LogP contribution in [-0.4, -0.2) is 15.9 Å². The highest BCUT2D eigenvalue weighted by Gasteiger charge is 2.10. The van der Waals surface area contributed by atoms with Crippen molar-refractivity contribution in [2.45, 2.75) is 6.92 Å². The second kappa shape index (κ2) is 5.01. The van der Waals surface area contributed by atoms with Crippen LogP contribution in [0.3, 0.4) is 0 Å². The third-order valence-corrected chi connectivity index (χ3v) is 2.85. The summed E-state index contributed by atoms with van der Waals surface area (Å²) in [7, 11) is 0. The third kappa shape index (κ3) is 2.57. The summed E-state index contributed by atoms with van der Waals surface area (Å²) in [6.07, 6.45) is 2.64. The normalized spacial score (nSPS) is 10.1. The zero-order valence-electron chi connectivity index (χ0n) is 9.64. The standard InChI is InChI=1S/C12H11ClN4O/c1-7-3-2-4-8(11(7)13)17-12(18)9-5-16-10(14)6-15-9/h2-6H,1H3,(H2,14,16)(H,17,18). The van der Waals surface area contributed by atoms with Gasteiger partial charge < -0.3 is 11.1 Å². The number of nitrogens with two attached hydrogens (primary N) is 1. The number of anilines is 2. The van der Waals surface area contributed by atoms with E-state index in [0.717, 1.165) is 5.56 Å². The Morgan fingerprint density at radius 1 is 1.33 bits per heavy atom. The van der Waals surface area contributed by atoms with Crippen LogP contribution in [0.25, 0.3) is 0 Å². The number of hydrogen-bond donors (Lipinski definition) is 2. The van der Waals surface area contributed by atoms with Gasteiger partial charge in [-0.15, -0.1) is 0 Å². The summed E-state index contributed by atoms with van der Waals surface area (Å²) in [5.41, 5.74) is 7.01. The van der Waals surface area contributed by atoms with Crippen molar-refractivity contribution in [3.8, 4) is 0 Å². The number of nitrogen functional groups attached to an aromatic ring is 1. The van der Waals surface area contributed by atoms with Gasteiger partial charge in [0.2, 0.25) is 0 Å². The highest BCUT2D eigenvalue weighted by atomic mass is 35.5. The molecule has 0 bridgehead atoms. The van der Waals surface area contributed by atoms with Gasteiger partial charge in [-0.3, -0.25) is 4.79 Å². The number of benzene rings is 1. The van der Waals surface area contributed by atoms with Crippen molar-refractivity contribution in [1.29, 1.82) is 0 Å². The van der Waals surface area contributed by atoms with E-state index in [1.165, 1.54) is 12.4 Å². The Morgan fingerprint density at radius 3 is 2.78 bits per heavy atom. The minimum absolute atomic E-state index is 0.182. The highest BCUT2D eigenvalue weighted by Crippen LogP contribution is 2.25. The van der Waals surface area contributed by atoms with E-state index in [0.29, 0.717) is 10.7 Å². The summed E-state index contributed by atoms with van der Waals surface area (Å²) in [5.74, 6) is -0.116. The first-order chi connectivity index (χ1) is 8.58. The lowest BCUT2D eigenvalue weighted by atomic mass is 10.2. The first-order valence-electron chi connectivity index (χ1n) is 5.22. The molecule has 2 aromatic rings. The second-order valence-corrected chi connectivity index (χ2v) is 4.10. The number of carbonyl (C=O) groups is 1. The summed E-state index contributed by atoms with van der Waals surface area (Å²) >= 11 is 6.08. The third-order valence-electron chi connectivity index (χ3n) is 2.34. The van der Waals surface area contributed by atoms with E-state index in [1.807, 2.05) is 19.1 Å². The average Bonchev–Trinajstić information content (AvgIpc) is 2.36. The maximum absolute atomic E-state index is 11.9. The van der Waals surface area contributed by atoms with E-state index in [4.69, 9.17) is 17.3 Å². The van der Waals surface area contributed by atoms with Gasteiger partial charge in [-0.05, 0) is 18.6 Å². The van der Waals surface area contributed by atoms with E-state index < -0.39 is 0 Å². The fourth-order valence-electron chi connectivity index (χ4n) is 1.39. The van der Waals surface area contributed by atoms with Crippen LogP contribution in [0.5, 0.6) is 0 Å². The van der Waals surface area contributed by atoms with Crippen LogP contribution < -0.4 is 11.1 Å². The van der Waals surface area contributed by atoms with Crippen molar-refractivity contribution >= 4 is 29.0 Å². The molecule has 1 aromatic heterocycles. The minimum Gasteiger partial charge on any atom is -0.382 e. The number of nitrogens with zero attached hydrogens (tertiary/aromatic N) is 2. The Kier molecular flexibility index (Phi) is 3.43. The van der Waals surface area contributed by atoms with Gasteiger partial charge in [-0.1, -0.05) is 23.7 Å². The molecule has 6 heteroatoms. The molecule has 3 N–H and O–H groups in total. The number of halogens is 1. The molecule has 18 heavy (non-hydrogen) atoms. The van der Waals surface area contributed by atoms with Crippen LogP contribution in [0.1, 0.15) is 16.1 Å². The van der Waals surface area contributed by atoms with Gasteiger partial charge >= 0.3 is 0 Å². The number of aromatic nitrogens is 2. The van der Waals surface area contributed by atoms with Crippen molar-refractivity contribution < 1.29 is 4.79 Å². The Hall–Kier alpha value is -2.14. The molecular formula is C12H11ClN4O. The predicted molar refractivity (Wildman–Crippen MR) is 70.6 cm³/mol.